The average molecular weight is 251 g/mol. The molecule has 0 atom stereocenters. The average Bonchev–Trinajstić information content (AvgIpc) is 2.67. The van der Waals surface area contributed by atoms with E-state index in [-0.39, 0.29) is 5.56 Å². The van der Waals surface area contributed by atoms with E-state index < -0.39 is 5.97 Å². The molecule has 2 rings (SSSR count). The SMILES string of the molecule is CC1(C)CCCN(Cc2cc(C(=O)O)co2)CC1. The lowest BCUT2D eigenvalue weighted by molar-refractivity contribution is 0.0696. The molecular weight excluding hydrogens is 230 g/mol. The van der Waals surface area contributed by atoms with Crippen molar-refractivity contribution in [3.63, 3.8) is 0 Å². The molecule has 1 aromatic rings. The Labute approximate surface area is 108 Å². The second kappa shape index (κ2) is 5.14. The van der Waals surface area contributed by atoms with Crippen molar-refractivity contribution in [2.24, 2.45) is 5.41 Å². The second-order valence-electron chi connectivity index (χ2n) is 5.90. The highest BCUT2D eigenvalue weighted by Crippen LogP contribution is 2.30. The minimum absolute atomic E-state index is 0.236. The number of likely N-dealkylation sites (tertiary alicyclic amines) is 1. The summed E-state index contributed by atoms with van der Waals surface area (Å²) in [6.07, 6.45) is 4.94. The molecule has 0 aromatic carbocycles. The van der Waals surface area contributed by atoms with Gasteiger partial charge in [-0.15, -0.1) is 0 Å². The van der Waals surface area contributed by atoms with Crippen molar-refractivity contribution in [3.8, 4) is 0 Å². The Morgan fingerprint density at radius 3 is 2.89 bits per heavy atom. The minimum Gasteiger partial charge on any atom is -0.478 e. The predicted octanol–water partition coefficient (Wildman–Crippen LogP) is 2.99. The Morgan fingerprint density at radius 2 is 2.22 bits per heavy atom. The molecule has 1 aliphatic rings. The van der Waals surface area contributed by atoms with Crippen LogP contribution in [0.15, 0.2) is 16.7 Å². The highest BCUT2D eigenvalue weighted by Gasteiger charge is 2.23. The van der Waals surface area contributed by atoms with Gasteiger partial charge in [0.1, 0.15) is 12.0 Å². The molecule has 0 radical (unpaired) electrons. The lowest BCUT2D eigenvalue weighted by atomic mass is 9.85. The van der Waals surface area contributed by atoms with Crippen LogP contribution < -0.4 is 0 Å². The fourth-order valence-corrected chi connectivity index (χ4v) is 2.43. The van der Waals surface area contributed by atoms with E-state index in [1.54, 1.807) is 6.07 Å². The largest absolute Gasteiger partial charge is 0.478 e. The van der Waals surface area contributed by atoms with E-state index in [1.165, 1.54) is 25.5 Å². The van der Waals surface area contributed by atoms with Crippen LogP contribution in [0.5, 0.6) is 0 Å². The maximum Gasteiger partial charge on any atom is 0.338 e. The molecule has 0 aliphatic carbocycles. The molecule has 1 saturated heterocycles. The van der Waals surface area contributed by atoms with Gasteiger partial charge < -0.3 is 9.52 Å². The topological polar surface area (TPSA) is 53.7 Å². The lowest BCUT2D eigenvalue weighted by Gasteiger charge is -2.22. The molecule has 0 saturated carbocycles. The second-order valence-corrected chi connectivity index (χ2v) is 5.90. The summed E-state index contributed by atoms with van der Waals surface area (Å²) in [7, 11) is 0. The molecule has 0 amide bonds. The lowest BCUT2D eigenvalue weighted by Crippen LogP contribution is -2.24. The molecule has 100 valence electrons. The zero-order chi connectivity index (χ0) is 13.2. The normalized spacial score (nSPS) is 20.6. The zero-order valence-corrected chi connectivity index (χ0v) is 11.1. The third-order valence-electron chi connectivity index (χ3n) is 3.71. The number of aromatic carboxylic acids is 1. The number of nitrogens with zero attached hydrogens (tertiary/aromatic N) is 1. The number of carbonyl (C=O) groups is 1. The summed E-state index contributed by atoms with van der Waals surface area (Å²) in [6, 6.07) is 1.62. The Balaban J connectivity index is 1.94. The third kappa shape index (κ3) is 3.35. The van der Waals surface area contributed by atoms with Gasteiger partial charge in [0.05, 0.1) is 12.1 Å². The van der Waals surface area contributed by atoms with E-state index in [9.17, 15) is 4.79 Å². The van der Waals surface area contributed by atoms with Crippen LogP contribution in [0, 0.1) is 5.41 Å². The first-order valence-corrected chi connectivity index (χ1v) is 6.49. The van der Waals surface area contributed by atoms with Crippen molar-refractivity contribution < 1.29 is 14.3 Å². The Bertz CT molecular complexity index is 422. The molecule has 0 spiro atoms. The number of hydrogen-bond donors (Lipinski definition) is 1. The molecular formula is C14H21NO3. The van der Waals surface area contributed by atoms with Gasteiger partial charge in [-0.05, 0) is 43.8 Å². The van der Waals surface area contributed by atoms with Crippen LogP contribution in [0.3, 0.4) is 0 Å². The molecule has 0 unspecified atom stereocenters. The molecule has 1 fully saturated rings. The molecule has 0 bridgehead atoms. The molecule has 2 heterocycles. The van der Waals surface area contributed by atoms with E-state index in [0.29, 0.717) is 12.0 Å². The zero-order valence-electron chi connectivity index (χ0n) is 11.1. The van der Waals surface area contributed by atoms with Crippen LogP contribution in [0.2, 0.25) is 0 Å². The highest BCUT2D eigenvalue weighted by molar-refractivity contribution is 5.87. The molecule has 1 aromatic heterocycles. The summed E-state index contributed by atoms with van der Waals surface area (Å²) < 4.78 is 5.30. The highest BCUT2D eigenvalue weighted by atomic mass is 16.4. The van der Waals surface area contributed by atoms with Gasteiger partial charge in [-0.25, -0.2) is 4.79 Å². The minimum atomic E-state index is -0.929. The molecule has 1 aliphatic heterocycles. The number of furan rings is 1. The number of hydrogen-bond acceptors (Lipinski definition) is 3. The number of carboxylic acid groups (broad SMARTS) is 1. The van der Waals surface area contributed by atoms with Gasteiger partial charge in [-0.1, -0.05) is 13.8 Å². The fraction of sp³-hybridized carbons (Fsp3) is 0.643. The van der Waals surface area contributed by atoms with E-state index in [1.807, 2.05) is 0 Å². The van der Waals surface area contributed by atoms with Gasteiger partial charge in [0.15, 0.2) is 0 Å². The van der Waals surface area contributed by atoms with Gasteiger partial charge in [0.2, 0.25) is 0 Å². The standard InChI is InChI=1S/C14H21NO3/c1-14(2)4-3-6-15(7-5-14)9-12-8-11(10-18-12)13(16)17/h8,10H,3-7,9H2,1-2H3,(H,16,17). The maximum absolute atomic E-state index is 10.8. The Hall–Kier alpha value is -1.29. The van der Waals surface area contributed by atoms with Crippen molar-refractivity contribution >= 4 is 5.97 Å². The Kier molecular flexibility index (Phi) is 3.76. The first-order valence-electron chi connectivity index (χ1n) is 6.49. The van der Waals surface area contributed by atoms with Gasteiger partial charge >= 0.3 is 5.97 Å². The van der Waals surface area contributed by atoms with Gasteiger partial charge in [0, 0.05) is 0 Å². The maximum atomic E-state index is 10.8. The van der Waals surface area contributed by atoms with Crippen molar-refractivity contribution in [1.29, 1.82) is 0 Å². The fourth-order valence-electron chi connectivity index (χ4n) is 2.43. The summed E-state index contributed by atoms with van der Waals surface area (Å²) in [5, 5.41) is 8.84. The van der Waals surface area contributed by atoms with E-state index in [0.717, 1.165) is 18.8 Å². The van der Waals surface area contributed by atoms with Gasteiger partial charge in [-0.3, -0.25) is 4.90 Å². The Morgan fingerprint density at radius 1 is 1.44 bits per heavy atom. The van der Waals surface area contributed by atoms with E-state index >= 15 is 0 Å². The van der Waals surface area contributed by atoms with Crippen LogP contribution in [-0.2, 0) is 6.54 Å². The molecule has 1 N–H and O–H groups in total. The molecule has 4 heteroatoms. The summed E-state index contributed by atoms with van der Waals surface area (Å²) in [5.41, 5.74) is 0.657. The predicted molar refractivity (Wildman–Crippen MR) is 68.6 cm³/mol. The molecule has 4 nitrogen and oxygen atoms in total. The monoisotopic (exact) mass is 251 g/mol. The summed E-state index contributed by atoms with van der Waals surface area (Å²) in [5.74, 6) is -0.186. The quantitative estimate of drug-likeness (QED) is 0.897. The summed E-state index contributed by atoms with van der Waals surface area (Å²) in [4.78, 5) is 13.1. The van der Waals surface area contributed by atoms with Crippen molar-refractivity contribution in [1.82, 2.24) is 4.90 Å². The number of rotatable bonds is 3. The van der Waals surface area contributed by atoms with Crippen LogP contribution in [-0.4, -0.2) is 29.1 Å². The number of carboxylic acids is 1. The summed E-state index contributed by atoms with van der Waals surface area (Å²) >= 11 is 0. The van der Waals surface area contributed by atoms with Crippen LogP contribution in [0.4, 0.5) is 0 Å². The molecule has 18 heavy (non-hydrogen) atoms. The van der Waals surface area contributed by atoms with Crippen LogP contribution in [0.25, 0.3) is 0 Å². The van der Waals surface area contributed by atoms with Crippen molar-refractivity contribution in [2.45, 2.75) is 39.7 Å². The van der Waals surface area contributed by atoms with E-state index in [2.05, 4.69) is 18.7 Å². The van der Waals surface area contributed by atoms with Crippen LogP contribution in [0.1, 0.15) is 49.2 Å². The van der Waals surface area contributed by atoms with Gasteiger partial charge in [-0.2, -0.15) is 0 Å². The van der Waals surface area contributed by atoms with Crippen LogP contribution >= 0.6 is 0 Å². The summed E-state index contributed by atoms with van der Waals surface area (Å²) in [6.45, 7) is 7.45. The first-order chi connectivity index (χ1) is 8.46. The van der Waals surface area contributed by atoms with Gasteiger partial charge in [0.25, 0.3) is 0 Å². The van der Waals surface area contributed by atoms with Crippen molar-refractivity contribution in [2.75, 3.05) is 13.1 Å². The van der Waals surface area contributed by atoms with E-state index in [4.69, 9.17) is 9.52 Å². The smallest absolute Gasteiger partial charge is 0.338 e. The first kappa shape index (κ1) is 13.1. The van der Waals surface area contributed by atoms with Crippen molar-refractivity contribution in [3.05, 3.63) is 23.7 Å². The third-order valence-corrected chi connectivity index (χ3v) is 3.71.